The van der Waals surface area contributed by atoms with E-state index in [2.05, 4.69) is 18.9 Å². The Bertz CT molecular complexity index is 809. The van der Waals surface area contributed by atoms with Gasteiger partial charge in [-0.25, -0.2) is 4.68 Å². The molecule has 0 aliphatic carbocycles. The molecule has 2 rings (SSSR count). The molecule has 1 heterocycles. The highest BCUT2D eigenvalue weighted by atomic mass is 16.4. The maximum absolute atomic E-state index is 12.6. The first kappa shape index (κ1) is 20.7. The fraction of sp³-hybridized carbons (Fsp3) is 0.476. The van der Waals surface area contributed by atoms with Gasteiger partial charge >= 0.3 is 5.97 Å². The van der Waals surface area contributed by atoms with Gasteiger partial charge in [-0.15, -0.1) is 0 Å². The van der Waals surface area contributed by atoms with Crippen molar-refractivity contribution in [1.29, 1.82) is 0 Å². The van der Waals surface area contributed by atoms with Crippen molar-refractivity contribution < 1.29 is 14.7 Å². The molecule has 0 radical (unpaired) electrons. The lowest BCUT2D eigenvalue weighted by Crippen LogP contribution is -2.34. The molecule has 0 saturated heterocycles. The lowest BCUT2D eigenvalue weighted by molar-refractivity contribution is -0.136. The largest absolute Gasteiger partial charge is 0.481 e. The molecule has 1 atom stereocenters. The average molecular weight is 371 g/mol. The molecular formula is C21H29N3O3. The second kappa shape index (κ2) is 8.84. The van der Waals surface area contributed by atoms with E-state index in [9.17, 15) is 9.59 Å². The van der Waals surface area contributed by atoms with Gasteiger partial charge in [0.1, 0.15) is 0 Å². The third kappa shape index (κ3) is 4.76. The van der Waals surface area contributed by atoms with Crippen LogP contribution >= 0.6 is 0 Å². The number of carbonyl (C=O) groups is 2. The summed E-state index contributed by atoms with van der Waals surface area (Å²) in [6, 6.07) is 7.60. The van der Waals surface area contributed by atoms with Crippen LogP contribution in [0.15, 0.2) is 24.3 Å². The minimum atomic E-state index is -0.814. The number of carboxylic acid groups (broad SMARTS) is 1. The zero-order valence-electron chi connectivity index (χ0n) is 16.8. The predicted molar refractivity (Wildman–Crippen MR) is 105 cm³/mol. The molecule has 27 heavy (non-hydrogen) atoms. The van der Waals surface area contributed by atoms with Gasteiger partial charge in [0.05, 0.1) is 11.4 Å². The maximum atomic E-state index is 12.6. The number of aromatic nitrogens is 2. The standard InChI is InChI=1S/C21H29N3O3/c1-6-7-14(2)23(5)21(27)17-8-10-18(11-9-17)24-16(4)19(15(3)22-24)12-13-20(25)26/h8-11,14H,6-7,12-13H2,1-5H3,(H,25,26). The number of amides is 1. The molecule has 1 unspecified atom stereocenters. The molecule has 6 nitrogen and oxygen atoms in total. The lowest BCUT2D eigenvalue weighted by atomic mass is 10.1. The Labute approximate surface area is 160 Å². The van der Waals surface area contributed by atoms with E-state index in [0.29, 0.717) is 12.0 Å². The van der Waals surface area contributed by atoms with Crippen LogP contribution in [0.25, 0.3) is 5.69 Å². The number of hydrogen-bond donors (Lipinski definition) is 1. The maximum Gasteiger partial charge on any atom is 0.303 e. The molecule has 146 valence electrons. The van der Waals surface area contributed by atoms with Gasteiger partial charge in [0.25, 0.3) is 5.91 Å². The number of aryl methyl sites for hydroxylation is 1. The van der Waals surface area contributed by atoms with Crippen LogP contribution in [0.5, 0.6) is 0 Å². The van der Waals surface area contributed by atoms with Gasteiger partial charge in [-0.05, 0) is 63.4 Å². The van der Waals surface area contributed by atoms with Crippen LogP contribution in [0, 0.1) is 13.8 Å². The van der Waals surface area contributed by atoms with Gasteiger partial charge in [0.2, 0.25) is 0 Å². The van der Waals surface area contributed by atoms with Gasteiger partial charge < -0.3 is 10.0 Å². The molecule has 0 bridgehead atoms. The molecular weight excluding hydrogens is 342 g/mol. The van der Waals surface area contributed by atoms with Crippen molar-refractivity contribution in [3.8, 4) is 5.69 Å². The Morgan fingerprint density at radius 1 is 1.22 bits per heavy atom. The number of benzene rings is 1. The normalized spacial score (nSPS) is 12.0. The Balaban J connectivity index is 2.21. The number of carbonyl (C=O) groups excluding carboxylic acids is 1. The minimum absolute atomic E-state index is 0.0121. The molecule has 0 aliphatic heterocycles. The third-order valence-electron chi connectivity index (χ3n) is 5.08. The fourth-order valence-electron chi connectivity index (χ4n) is 3.28. The second-order valence-electron chi connectivity index (χ2n) is 7.06. The van der Waals surface area contributed by atoms with Gasteiger partial charge in [-0.2, -0.15) is 5.10 Å². The fourth-order valence-corrected chi connectivity index (χ4v) is 3.28. The van der Waals surface area contributed by atoms with E-state index in [0.717, 1.165) is 35.5 Å². The van der Waals surface area contributed by atoms with E-state index in [4.69, 9.17) is 5.11 Å². The number of carboxylic acids is 1. The molecule has 6 heteroatoms. The molecule has 1 N–H and O–H groups in total. The lowest BCUT2D eigenvalue weighted by Gasteiger charge is -2.24. The first-order valence-corrected chi connectivity index (χ1v) is 9.40. The Kier molecular flexibility index (Phi) is 6.77. The molecule has 1 amide bonds. The number of aliphatic carboxylic acids is 1. The van der Waals surface area contributed by atoms with Crippen molar-refractivity contribution in [2.24, 2.45) is 0 Å². The zero-order valence-corrected chi connectivity index (χ0v) is 16.8. The zero-order chi connectivity index (χ0) is 20.1. The molecule has 0 aliphatic rings. The van der Waals surface area contributed by atoms with Gasteiger partial charge in [-0.1, -0.05) is 13.3 Å². The van der Waals surface area contributed by atoms with Crippen molar-refractivity contribution in [2.45, 2.75) is 59.4 Å². The minimum Gasteiger partial charge on any atom is -0.481 e. The van der Waals surface area contributed by atoms with E-state index in [1.165, 1.54) is 0 Å². The van der Waals surface area contributed by atoms with Crippen molar-refractivity contribution in [2.75, 3.05) is 7.05 Å². The third-order valence-corrected chi connectivity index (χ3v) is 5.08. The van der Waals surface area contributed by atoms with E-state index < -0.39 is 5.97 Å². The molecule has 0 saturated carbocycles. The van der Waals surface area contributed by atoms with Crippen molar-refractivity contribution in [3.63, 3.8) is 0 Å². The topological polar surface area (TPSA) is 75.4 Å². The summed E-state index contributed by atoms with van der Waals surface area (Å²) in [5.41, 5.74) is 4.24. The van der Waals surface area contributed by atoms with E-state index in [-0.39, 0.29) is 18.4 Å². The Morgan fingerprint density at radius 3 is 2.41 bits per heavy atom. The summed E-state index contributed by atoms with van der Waals surface area (Å²) in [7, 11) is 1.84. The SMILES string of the molecule is CCCC(C)N(C)C(=O)c1ccc(-n2nc(C)c(CCC(=O)O)c2C)cc1. The van der Waals surface area contributed by atoms with E-state index in [1.807, 2.05) is 49.8 Å². The predicted octanol–water partition coefficient (Wildman–Crippen LogP) is 3.77. The van der Waals surface area contributed by atoms with Crippen LogP contribution in [0.4, 0.5) is 0 Å². The molecule has 1 aromatic carbocycles. The molecule has 0 fully saturated rings. The monoisotopic (exact) mass is 371 g/mol. The van der Waals surface area contributed by atoms with Crippen molar-refractivity contribution in [3.05, 3.63) is 46.8 Å². The Morgan fingerprint density at radius 2 is 1.85 bits per heavy atom. The van der Waals surface area contributed by atoms with Crippen molar-refractivity contribution >= 4 is 11.9 Å². The quantitative estimate of drug-likeness (QED) is 0.766. The van der Waals surface area contributed by atoms with Crippen LogP contribution in [0.3, 0.4) is 0 Å². The number of hydrogen-bond acceptors (Lipinski definition) is 3. The number of nitrogens with zero attached hydrogens (tertiary/aromatic N) is 3. The average Bonchev–Trinajstić information content (AvgIpc) is 2.93. The molecule has 2 aromatic rings. The smallest absolute Gasteiger partial charge is 0.303 e. The van der Waals surface area contributed by atoms with Gasteiger partial charge in [0, 0.05) is 30.8 Å². The second-order valence-corrected chi connectivity index (χ2v) is 7.06. The first-order chi connectivity index (χ1) is 12.8. The highest BCUT2D eigenvalue weighted by Crippen LogP contribution is 2.20. The van der Waals surface area contributed by atoms with Crippen LogP contribution < -0.4 is 0 Å². The van der Waals surface area contributed by atoms with Crippen LogP contribution in [0.1, 0.15) is 60.4 Å². The first-order valence-electron chi connectivity index (χ1n) is 9.40. The summed E-state index contributed by atoms with van der Waals surface area (Å²) in [6.45, 7) is 8.01. The van der Waals surface area contributed by atoms with Crippen LogP contribution in [0.2, 0.25) is 0 Å². The van der Waals surface area contributed by atoms with E-state index >= 15 is 0 Å². The highest BCUT2D eigenvalue weighted by molar-refractivity contribution is 5.94. The summed E-state index contributed by atoms with van der Waals surface area (Å²) < 4.78 is 1.81. The van der Waals surface area contributed by atoms with Crippen molar-refractivity contribution in [1.82, 2.24) is 14.7 Å². The van der Waals surface area contributed by atoms with E-state index in [1.54, 1.807) is 4.90 Å². The number of rotatable bonds is 8. The summed E-state index contributed by atoms with van der Waals surface area (Å²) in [4.78, 5) is 25.3. The summed E-state index contributed by atoms with van der Waals surface area (Å²) in [6.07, 6.45) is 2.57. The molecule has 1 aromatic heterocycles. The van der Waals surface area contributed by atoms with Gasteiger partial charge in [-0.3, -0.25) is 9.59 Å². The Hall–Kier alpha value is -2.63. The molecule has 0 spiro atoms. The summed E-state index contributed by atoms with van der Waals surface area (Å²) in [5.74, 6) is -0.802. The highest BCUT2D eigenvalue weighted by Gasteiger charge is 2.18. The van der Waals surface area contributed by atoms with Crippen LogP contribution in [-0.2, 0) is 11.2 Å². The summed E-state index contributed by atoms with van der Waals surface area (Å²) >= 11 is 0. The van der Waals surface area contributed by atoms with Gasteiger partial charge in [0.15, 0.2) is 0 Å². The summed E-state index contributed by atoms with van der Waals surface area (Å²) in [5, 5.41) is 13.5. The van der Waals surface area contributed by atoms with Crippen LogP contribution in [-0.4, -0.2) is 44.8 Å².